The van der Waals surface area contributed by atoms with E-state index in [1.807, 2.05) is 6.92 Å². The highest BCUT2D eigenvalue weighted by Gasteiger charge is 2.26. The van der Waals surface area contributed by atoms with Crippen molar-refractivity contribution in [1.29, 1.82) is 0 Å². The number of unbranched alkanes of at least 4 members (excludes halogenated alkanes) is 1. The third-order valence-electron chi connectivity index (χ3n) is 0.947. The molecule has 0 aromatic rings. The minimum atomic E-state index is -4.10. The van der Waals surface area contributed by atoms with Gasteiger partial charge in [0.05, 0.1) is 6.61 Å². The maximum Gasteiger partial charge on any atom is 0.529 e. The zero-order chi connectivity index (χ0) is 8.74. The lowest BCUT2D eigenvalue weighted by Crippen LogP contribution is -1.96. The molecular weight excluding hydrogens is 175 g/mol. The summed E-state index contributed by atoms with van der Waals surface area (Å²) in [5.74, 6) is 0. The Morgan fingerprint density at radius 1 is 1.36 bits per heavy atom. The summed E-state index contributed by atoms with van der Waals surface area (Å²) in [4.78, 5) is 0. The van der Waals surface area contributed by atoms with Gasteiger partial charge < -0.3 is 0 Å². The molecule has 0 fully saturated rings. The lowest BCUT2D eigenvalue weighted by Gasteiger charge is -2.08. The SMILES string of the molecule is CCCCOP(=O)(OO)OO. The van der Waals surface area contributed by atoms with Crippen molar-refractivity contribution in [2.45, 2.75) is 19.8 Å². The van der Waals surface area contributed by atoms with Crippen LogP contribution in [0.4, 0.5) is 0 Å². The van der Waals surface area contributed by atoms with E-state index in [1.54, 1.807) is 0 Å². The first-order valence-corrected chi connectivity index (χ1v) is 4.55. The molecule has 0 aromatic carbocycles. The van der Waals surface area contributed by atoms with Crippen molar-refractivity contribution in [3.05, 3.63) is 0 Å². The van der Waals surface area contributed by atoms with E-state index >= 15 is 0 Å². The fraction of sp³-hybridized carbons (Fsp3) is 1.00. The molecule has 0 aromatic heterocycles. The molecule has 0 aliphatic carbocycles. The fourth-order valence-corrected chi connectivity index (χ4v) is 0.860. The minimum absolute atomic E-state index is 0.0922. The van der Waals surface area contributed by atoms with Crippen molar-refractivity contribution in [3.63, 3.8) is 0 Å². The topological polar surface area (TPSA) is 85.2 Å². The maximum absolute atomic E-state index is 10.7. The second kappa shape index (κ2) is 5.65. The van der Waals surface area contributed by atoms with Crippen LogP contribution in [-0.2, 0) is 18.4 Å². The number of phosphoric acid groups is 1. The summed E-state index contributed by atoms with van der Waals surface area (Å²) in [7, 11) is -4.10. The van der Waals surface area contributed by atoms with Gasteiger partial charge in [0.2, 0.25) is 0 Å². The molecule has 0 bridgehead atoms. The van der Waals surface area contributed by atoms with Gasteiger partial charge in [-0.25, -0.2) is 15.1 Å². The molecule has 68 valence electrons. The Morgan fingerprint density at radius 3 is 2.27 bits per heavy atom. The molecular formula is C4H11O6P. The number of hydrogen-bond donors (Lipinski definition) is 2. The van der Waals surface area contributed by atoms with Crippen molar-refractivity contribution in [1.82, 2.24) is 0 Å². The van der Waals surface area contributed by atoms with Crippen LogP contribution in [0.5, 0.6) is 0 Å². The quantitative estimate of drug-likeness (QED) is 0.285. The standard InChI is InChI=1S/C4H11O6P/c1-2-3-4-8-11(7,9-5)10-6/h5-6H,2-4H2,1H3. The predicted octanol–water partition coefficient (Wildman–Crippen LogP) is 1.89. The van der Waals surface area contributed by atoms with Gasteiger partial charge in [0.25, 0.3) is 0 Å². The van der Waals surface area contributed by atoms with Crippen LogP contribution < -0.4 is 0 Å². The van der Waals surface area contributed by atoms with Gasteiger partial charge in [-0.05, 0) is 6.42 Å². The van der Waals surface area contributed by atoms with Crippen LogP contribution in [0.3, 0.4) is 0 Å². The summed E-state index contributed by atoms with van der Waals surface area (Å²) < 4.78 is 21.6. The van der Waals surface area contributed by atoms with Crippen LogP contribution in [-0.4, -0.2) is 17.1 Å². The Morgan fingerprint density at radius 2 is 1.91 bits per heavy atom. The third-order valence-corrected chi connectivity index (χ3v) is 1.85. The van der Waals surface area contributed by atoms with E-state index < -0.39 is 7.82 Å². The second-order valence-corrected chi connectivity index (χ2v) is 3.28. The molecule has 0 aliphatic heterocycles. The van der Waals surface area contributed by atoms with Gasteiger partial charge in [-0.15, -0.1) is 9.35 Å². The highest BCUT2D eigenvalue weighted by Crippen LogP contribution is 2.47. The van der Waals surface area contributed by atoms with Crippen LogP contribution in [0.1, 0.15) is 19.8 Å². The molecule has 0 aliphatic rings. The monoisotopic (exact) mass is 186 g/mol. The van der Waals surface area contributed by atoms with Gasteiger partial charge in [-0.3, -0.25) is 4.52 Å². The smallest absolute Gasteiger partial charge is 0.284 e. The molecule has 11 heavy (non-hydrogen) atoms. The van der Waals surface area contributed by atoms with Gasteiger partial charge in [0.15, 0.2) is 0 Å². The summed E-state index contributed by atoms with van der Waals surface area (Å²) >= 11 is 0. The van der Waals surface area contributed by atoms with Crippen LogP contribution in [0, 0.1) is 0 Å². The summed E-state index contributed by atoms with van der Waals surface area (Å²) in [5, 5.41) is 15.8. The van der Waals surface area contributed by atoms with E-state index in [-0.39, 0.29) is 6.61 Å². The molecule has 0 saturated heterocycles. The molecule has 7 heteroatoms. The lowest BCUT2D eigenvalue weighted by atomic mass is 10.4. The summed E-state index contributed by atoms with van der Waals surface area (Å²) in [6.45, 7) is 1.99. The van der Waals surface area contributed by atoms with Crippen molar-refractivity contribution in [2.75, 3.05) is 6.61 Å². The Kier molecular flexibility index (Phi) is 5.67. The lowest BCUT2D eigenvalue weighted by molar-refractivity contribution is -0.228. The molecule has 0 rings (SSSR count). The van der Waals surface area contributed by atoms with Crippen molar-refractivity contribution in [3.8, 4) is 0 Å². The second-order valence-electron chi connectivity index (χ2n) is 1.80. The van der Waals surface area contributed by atoms with Crippen LogP contribution in [0.25, 0.3) is 0 Å². The van der Waals surface area contributed by atoms with E-state index in [4.69, 9.17) is 10.5 Å². The Balaban J connectivity index is 3.61. The maximum atomic E-state index is 10.7. The van der Waals surface area contributed by atoms with Gasteiger partial charge in [0, 0.05) is 0 Å². The third kappa shape index (κ3) is 4.47. The molecule has 2 N–H and O–H groups in total. The fourth-order valence-electron chi connectivity index (χ4n) is 0.383. The van der Waals surface area contributed by atoms with Crippen molar-refractivity contribution in [2.24, 2.45) is 0 Å². The minimum Gasteiger partial charge on any atom is -0.284 e. The van der Waals surface area contributed by atoms with E-state index in [9.17, 15) is 4.57 Å². The highest BCUT2D eigenvalue weighted by atomic mass is 31.2. The summed E-state index contributed by atoms with van der Waals surface area (Å²) in [6, 6.07) is 0. The zero-order valence-corrected chi connectivity index (χ0v) is 6.99. The Bertz CT molecular complexity index is 129. The molecule has 0 unspecified atom stereocenters. The van der Waals surface area contributed by atoms with Crippen LogP contribution in [0.2, 0.25) is 0 Å². The van der Waals surface area contributed by atoms with Crippen molar-refractivity contribution < 1.29 is 29.0 Å². The largest absolute Gasteiger partial charge is 0.529 e. The van der Waals surface area contributed by atoms with Gasteiger partial charge in [-0.2, -0.15) is 0 Å². The molecule has 0 radical (unpaired) electrons. The van der Waals surface area contributed by atoms with Crippen LogP contribution >= 0.6 is 7.82 Å². The van der Waals surface area contributed by atoms with E-state index in [0.717, 1.165) is 6.42 Å². The summed E-state index contributed by atoms with van der Waals surface area (Å²) in [6.07, 6.45) is 1.47. The Hall–Kier alpha value is 0.0300. The molecule has 6 nitrogen and oxygen atoms in total. The van der Waals surface area contributed by atoms with Gasteiger partial charge >= 0.3 is 7.82 Å². The molecule has 0 amide bonds. The molecule has 0 spiro atoms. The predicted molar refractivity (Wildman–Crippen MR) is 35.9 cm³/mol. The van der Waals surface area contributed by atoms with E-state index in [1.165, 1.54) is 0 Å². The van der Waals surface area contributed by atoms with E-state index in [0.29, 0.717) is 6.42 Å². The van der Waals surface area contributed by atoms with Crippen LogP contribution in [0.15, 0.2) is 0 Å². The average Bonchev–Trinajstić information content (AvgIpc) is 2.05. The molecule has 0 heterocycles. The zero-order valence-electron chi connectivity index (χ0n) is 6.10. The normalized spacial score (nSPS) is 11.9. The Labute approximate surface area is 64.2 Å². The number of hydrogen-bond acceptors (Lipinski definition) is 6. The first-order valence-electron chi connectivity index (χ1n) is 3.09. The first-order chi connectivity index (χ1) is 5.18. The first kappa shape index (κ1) is 11.0. The van der Waals surface area contributed by atoms with Crippen molar-refractivity contribution >= 4 is 7.82 Å². The highest BCUT2D eigenvalue weighted by molar-refractivity contribution is 7.48. The van der Waals surface area contributed by atoms with Gasteiger partial charge in [-0.1, -0.05) is 13.3 Å². The number of rotatable bonds is 6. The average molecular weight is 186 g/mol. The van der Waals surface area contributed by atoms with E-state index in [2.05, 4.69) is 13.9 Å². The molecule has 0 saturated carbocycles. The summed E-state index contributed by atoms with van der Waals surface area (Å²) in [5.41, 5.74) is 0. The molecule has 0 atom stereocenters. The van der Waals surface area contributed by atoms with Gasteiger partial charge in [0.1, 0.15) is 0 Å².